The van der Waals surface area contributed by atoms with Gasteiger partial charge in [0.25, 0.3) is 0 Å². The predicted octanol–water partition coefficient (Wildman–Crippen LogP) is 4.34. The molecule has 0 nitrogen and oxygen atoms in total. The maximum absolute atomic E-state index is 2.23. The van der Waals surface area contributed by atoms with Crippen LogP contribution in [0.15, 0.2) is 273 Å². The molecule has 60 heavy (non-hydrogen) atoms. The van der Waals surface area contributed by atoms with Gasteiger partial charge in [-0.15, -0.1) is 0 Å². The van der Waals surface area contributed by atoms with E-state index in [1.165, 1.54) is 47.7 Å². The molecule has 6 heteroatoms. The van der Waals surface area contributed by atoms with E-state index in [-0.39, 0.29) is 45.2 Å². The zero-order chi connectivity index (χ0) is 38.7. The van der Waals surface area contributed by atoms with Gasteiger partial charge < -0.3 is 24.8 Å². The Morgan fingerprint density at radius 2 is 0.233 bits per heavy atom. The number of benzene rings is 9. The molecule has 0 N–H and O–H groups in total. The molecule has 0 radical (unpaired) electrons. The van der Waals surface area contributed by atoms with Gasteiger partial charge in [-0.25, -0.2) is 0 Å². The van der Waals surface area contributed by atoms with Crippen LogP contribution >= 0.6 is 23.8 Å². The third-order valence-electron chi connectivity index (χ3n) is 9.13. The van der Waals surface area contributed by atoms with Gasteiger partial charge >= 0.3 is 20.4 Å². The Morgan fingerprint density at radius 3 is 0.317 bits per heavy atom. The van der Waals surface area contributed by atoms with Crippen LogP contribution in [0, 0.1) is 0 Å². The van der Waals surface area contributed by atoms with Crippen molar-refractivity contribution in [2.75, 3.05) is 0 Å². The van der Waals surface area contributed by atoms with Gasteiger partial charge in [0.1, 0.15) is 0 Å². The number of hydrogen-bond acceptors (Lipinski definition) is 0. The second kappa shape index (κ2) is 26.7. The van der Waals surface area contributed by atoms with Crippen molar-refractivity contribution in [2.45, 2.75) is 0 Å². The Kier molecular flexibility index (Phi) is 21.4. The average Bonchev–Trinajstić information content (AvgIpc) is 3.30. The maximum atomic E-state index is 2.23. The van der Waals surface area contributed by atoms with Gasteiger partial charge in [0.15, 0.2) is 0 Å². The standard InChI is InChI=1S/3C18H15P.2ClH.Pd/c3*1-4-10-16(11-5-1)19(17-12-6-2-7-13-17)18-14-8-3-9-15-18;;;/h3*1-15H;2*1H;/q;;;;;+2/p-2. The van der Waals surface area contributed by atoms with Crippen LogP contribution in [-0.4, -0.2) is 0 Å². The van der Waals surface area contributed by atoms with Gasteiger partial charge in [-0.1, -0.05) is 273 Å². The molecule has 0 bridgehead atoms. The molecule has 0 saturated heterocycles. The van der Waals surface area contributed by atoms with E-state index in [1.54, 1.807) is 0 Å². The second-order valence-electron chi connectivity index (χ2n) is 13.0. The van der Waals surface area contributed by atoms with Crippen molar-refractivity contribution in [1.82, 2.24) is 0 Å². The molecule has 0 aromatic heterocycles. The molecule has 0 heterocycles. The van der Waals surface area contributed by atoms with Crippen molar-refractivity contribution in [1.29, 1.82) is 0 Å². The van der Waals surface area contributed by atoms with Crippen molar-refractivity contribution in [3.63, 3.8) is 0 Å². The third kappa shape index (κ3) is 13.8. The molecule has 0 fully saturated rings. The van der Waals surface area contributed by atoms with Crippen LogP contribution in [0.25, 0.3) is 0 Å². The van der Waals surface area contributed by atoms with E-state index in [0.29, 0.717) is 0 Å². The Labute approximate surface area is 386 Å². The summed E-state index contributed by atoms with van der Waals surface area (Å²) in [5, 5.41) is 12.6. The van der Waals surface area contributed by atoms with E-state index in [0.717, 1.165) is 0 Å². The fourth-order valence-corrected chi connectivity index (χ4v) is 13.5. The largest absolute Gasteiger partial charge is 2.00 e. The van der Waals surface area contributed by atoms with Crippen LogP contribution in [-0.2, 0) is 20.4 Å². The first-order chi connectivity index (χ1) is 28.3. The molecule has 0 unspecified atom stereocenters. The zero-order valence-electron chi connectivity index (χ0n) is 32.9. The molecule has 0 saturated carbocycles. The fraction of sp³-hybridized carbons (Fsp3) is 0. The molecule has 300 valence electrons. The Bertz CT molecular complexity index is 1870. The summed E-state index contributed by atoms with van der Waals surface area (Å²) < 4.78 is 0. The van der Waals surface area contributed by atoms with Crippen LogP contribution in [0.1, 0.15) is 0 Å². The van der Waals surface area contributed by atoms with E-state index >= 15 is 0 Å². The molecule has 0 amide bonds. The van der Waals surface area contributed by atoms with E-state index in [4.69, 9.17) is 0 Å². The summed E-state index contributed by atoms with van der Waals surface area (Å²) in [5.74, 6) is 0. The molecule has 9 aromatic carbocycles. The summed E-state index contributed by atoms with van der Waals surface area (Å²) in [6.45, 7) is 0. The fourth-order valence-electron chi connectivity index (χ4n) is 6.54. The monoisotopic (exact) mass is 962 g/mol. The first-order valence-electron chi connectivity index (χ1n) is 19.2. The second-order valence-corrected chi connectivity index (χ2v) is 19.7. The number of rotatable bonds is 9. The van der Waals surface area contributed by atoms with E-state index in [2.05, 4.69) is 273 Å². The van der Waals surface area contributed by atoms with Gasteiger partial charge in [0, 0.05) is 0 Å². The van der Waals surface area contributed by atoms with Gasteiger partial charge in [-0.2, -0.15) is 0 Å². The Morgan fingerprint density at radius 1 is 0.150 bits per heavy atom. The van der Waals surface area contributed by atoms with Crippen molar-refractivity contribution in [2.24, 2.45) is 0 Å². The molecule has 0 aliphatic heterocycles. The molecule has 9 rings (SSSR count). The van der Waals surface area contributed by atoms with Crippen LogP contribution in [0.3, 0.4) is 0 Å². The van der Waals surface area contributed by atoms with Crippen molar-refractivity contribution >= 4 is 71.5 Å². The summed E-state index contributed by atoms with van der Waals surface area (Å²) >= 11 is 0. The SMILES string of the molecule is [Cl-].[Cl-].[Pd+2].c1ccc(P(c2ccccc2)c2ccccc2)cc1.c1ccc(P(c2ccccc2)c2ccccc2)cc1.c1ccc(P(c2ccccc2)c2ccccc2)cc1. The molecule has 0 spiro atoms. The smallest absolute Gasteiger partial charge is 1.00 e. The molecule has 0 aliphatic rings. The van der Waals surface area contributed by atoms with Crippen LogP contribution in [0.5, 0.6) is 0 Å². The van der Waals surface area contributed by atoms with Crippen LogP contribution in [0.2, 0.25) is 0 Å². The molecular formula is C54H45Cl2P3Pd. The Balaban J connectivity index is 0.000000194. The average molecular weight is 964 g/mol. The van der Waals surface area contributed by atoms with Gasteiger partial charge in [-0.05, 0) is 71.5 Å². The number of hydrogen-bond donors (Lipinski definition) is 0. The zero-order valence-corrected chi connectivity index (χ0v) is 38.6. The maximum Gasteiger partial charge on any atom is 2.00 e. The minimum Gasteiger partial charge on any atom is -1.00 e. The quantitative estimate of drug-likeness (QED) is 0.150. The summed E-state index contributed by atoms with van der Waals surface area (Å²) in [5.41, 5.74) is 0. The van der Waals surface area contributed by atoms with Crippen LogP contribution in [0.4, 0.5) is 0 Å². The first-order valence-corrected chi connectivity index (χ1v) is 23.2. The summed E-state index contributed by atoms with van der Waals surface area (Å²) in [7, 11) is -1.34. The van der Waals surface area contributed by atoms with Gasteiger partial charge in [-0.3, -0.25) is 0 Å². The van der Waals surface area contributed by atoms with Gasteiger partial charge in [0.2, 0.25) is 0 Å². The molecular weight excluding hydrogens is 919 g/mol. The third-order valence-corrected chi connectivity index (χ3v) is 16.5. The predicted molar refractivity (Wildman–Crippen MR) is 255 cm³/mol. The summed E-state index contributed by atoms with van der Waals surface area (Å²) in [4.78, 5) is 0. The van der Waals surface area contributed by atoms with E-state index in [9.17, 15) is 0 Å². The molecule has 0 atom stereocenters. The first kappa shape index (κ1) is 48.2. The van der Waals surface area contributed by atoms with Crippen molar-refractivity contribution in [3.8, 4) is 0 Å². The van der Waals surface area contributed by atoms with Crippen molar-refractivity contribution < 1.29 is 45.2 Å². The topological polar surface area (TPSA) is 0 Å². The normalized spacial score (nSPS) is 10.1. The minimum atomic E-state index is -0.446. The number of halogens is 2. The molecule has 9 aromatic rings. The molecule has 0 aliphatic carbocycles. The van der Waals surface area contributed by atoms with Gasteiger partial charge in [0.05, 0.1) is 0 Å². The van der Waals surface area contributed by atoms with E-state index in [1.807, 2.05) is 0 Å². The summed E-state index contributed by atoms with van der Waals surface area (Å²) in [6, 6.07) is 97.0. The Hall–Kier alpha value is -4.49. The summed E-state index contributed by atoms with van der Waals surface area (Å²) in [6.07, 6.45) is 0. The van der Waals surface area contributed by atoms with E-state index < -0.39 is 23.8 Å². The van der Waals surface area contributed by atoms with Crippen LogP contribution < -0.4 is 72.6 Å². The minimum absolute atomic E-state index is 0. The van der Waals surface area contributed by atoms with Crippen molar-refractivity contribution in [3.05, 3.63) is 273 Å².